The van der Waals surface area contributed by atoms with Gasteiger partial charge in [-0.2, -0.15) is 0 Å². The molecule has 0 radical (unpaired) electrons. The molecule has 0 aromatic carbocycles. The summed E-state index contributed by atoms with van der Waals surface area (Å²) in [4.78, 5) is 24.0. The summed E-state index contributed by atoms with van der Waals surface area (Å²) in [6.07, 6.45) is 6.14. The molecular weight excluding hydrogens is 192 g/mol. The van der Waals surface area contributed by atoms with Crippen molar-refractivity contribution in [1.29, 1.82) is 0 Å². The van der Waals surface area contributed by atoms with Crippen molar-refractivity contribution in [3.05, 3.63) is 0 Å². The van der Waals surface area contributed by atoms with Crippen molar-refractivity contribution in [1.82, 2.24) is 10.2 Å². The second kappa shape index (κ2) is 6.43. The average Bonchev–Trinajstić information content (AvgIpc) is 2.64. The number of imide groups is 1. The van der Waals surface area contributed by atoms with Gasteiger partial charge in [-0.25, -0.2) is 4.79 Å². The molecule has 1 aliphatic rings. The van der Waals surface area contributed by atoms with E-state index in [1.807, 2.05) is 0 Å². The Hall–Kier alpha value is -1.06. The third-order valence-corrected chi connectivity index (χ3v) is 2.65. The summed E-state index contributed by atoms with van der Waals surface area (Å²) >= 11 is 0. The fraction of sp³-hybridized carbons (Fsp3) is 0.818. The van der Waals surface area contributed by atoms with Crippen LogP contribution in [0.4, 0.5) is 4.79 Å². The monoisotopic (exact) mass is 212 g/mol. The number of amides is 3. The number of hydrogen-bond acceptors (Lipinski definition) is 2. The van der Waals surface area contributed by atoms with Crippen LogP contribution in [0.1, 0.15) is 45.4 Å². The molecule has 86 valence electrons. The lowest BCUT2D eigenvalue weighted by atomic mass is 10.1. The van der Waals surface area contributed by atoms with Crippen molar-refractivity contribution in [2.75, 3.05) is 13.1 Å². The fourth-order valence-corrected chi connectivity index (χ4v) is 1.72. The number of carbonyl (C=O) groups is 2. The van der Waals surface area contributed by atoms with Crippen molar-refractivity contribution < 1.29 is 9.59 Å². The Morgan fingerprint density at radius 1 is 1.33 bits per heavy atom. The van der Waals surface area contributed by atoms with E-state index in [0.29, 0.717) is 19.5 Å². The molecule has 3 amide bonds. The smallest absolute Gasteiger partial charge is 0.324 e. The lowest BCUT2D eigenvalue weighted by Crippen LogP contribution is -2.33. The number of unbranched alkanes of at least 4 members (excludes halogenated alkanes) is 4. The van der Waals surface area contributed by atoms with Crippen LogP contribution in [0.3, 0.4) is 0 Å². The topological polar surface area (TPSA) is 49.4 Å². The van der Waals surface area contributed by atoms with Crippen molar-refractivity contribution in [3.8, 4) is 0 Å². The van der Waals surface area contributed by atoms with E-state index in [-0.39, 0.29) is 11.9 Å². The number of rotatable bonds is 6. The van der Waals surface area contributed by atoms with Gasteiger partial charge in [0.05, 0.1) is 0 Å². The molecule has 0 atom stereocenters. The van der Waals surface area contributed by atoms with Crippen LogP contribution in [0.25, 0.3) is 0 Å². The zero-order valence-corrected chi connectivity index (χ0v) is 9.42. The van der Waals surface area contributed by atoms with E-state index >= 15 is 0 Å². The van der Waals surface area contributed by atoms with Gasteiger partial charge in [0.25, 0.3) is 0 Å². The van der Waals surface area contributed by atoms with Gasteiger partial charge < -0.3 is 5.32 Å². The molecule has 0 aliphatic carbocycles. The molecule has 0 bridgehead atoms. The Labute approximate surface area is 91.0 Å². The largest absolute Gasteiger partial charge is 0.336 e. The van der Waals surface area contributed by atoms with E-state index < -0.39 is 0 Å². The molecule has 0 saturated carbocycles. The number of hydrogen-bond donors (Lipinski definition) is 1. The maximum atomic E-state index is 11.6. The summed E-state index contributed by atoms with van der Waals surface area (Å²) in [7, 11) is 0. The number of carbonyl (C=O) groups excluding carboxylic acids is 2. The van der Waals surface area contributed by atoms with Gasteiger partial charge in [0.2, 0.25) is 5.91 Å². The molecule has 4 nitrogen and oxygen atoms in total. The van der Waals surface area contributed by atoms with Gasteiger partial charge in [0.1, 0.15) is 0 Å². The maximum absolute atomic E-state index is 11.6. The minimum absolute atomic E-state index is 0.0264. The van der Waals surface area contributed by atoms with Crippen LogP contribution in [-0.2, 0) is 4.79 Å². The predicted molar refractivity (Wildman–Crippen MR) is 58.5 cm³/mol. The molecule has 0 spiro atoms. The third kappa shape index (κ3) is 3.90. The van der Waals surface area contributed by atoms with Crippen molar-refractivity contribution in [2.45, 2.75) is 45.4 Å². The number of nitrogens with zero attached hydrogens (tertiary/aromatic N) is 1. The Morgan fingerprint density at radius 3 is 2.67 bits per heavy atom. The first kappa shape index (κ1) is 12.0. The first-order valence-electron chi connectivity index (χ1n) is 5.84. The minimum Gasteiger partial charge on any atom is -0.336 e. The second-order valence-corrected chi connectivity index (χ2v) is 3.94. The Balaban J connectivity index is 2.10. The van der Waals surface area contributed by atoms with Crippen molar-refractivity contribution in [3.63, 3.8) is 0 Å². The van der Waals surface area contributed by atoms with Crippen LogP contribution in [0.2, 0.25) is 0 Å². The second-order valence-electron chi connectivity index (χ2n) is 3.94. The van der Waals surface area contributed by atoms with E-state index in [2.05, 4.69) is 12.2 Å². The molecule has 1 aliphatic heterocycles. The van der Waals surface area contributed by atoms with Gasteiger partial charge in [-0.05, 0) is 6.42 Å². The van der Waals surface area contributed by atoms with Crippen LogP contribution >= 0.6 is 0 Å². The van der Waals surface area contributed by atoms with Gasteiger partial charge in [0.15, 0.2) is 0 Å². The van der Waals surface area contributed by atoms with E-state index in [9.17, 15) is 9.59 Å². The van der Waals surface area contributed by atoms with Gasteiger partial charge >= 0.3 is 6.03 Å². The van der Waals surface area contributed by atoms with Crippen molar-refractivity contribution >= 4 is 11.9 Å². The molecule has 1 saturated heterocycles. The van der Waals surface area contributed by atoms with Gasteiger partial charge in [-0.15, -0.1) is 0 Å². The van der Waals surface area contributed by atoms with E-state index in [0.717, 1.165) is 12.8 Å². The highest BCUT2D eigenvalue weighted by Gasteiger charge is 2.24. The summed E-state index contributed by atoms with van der Waals surface area (Å²) in [6.45, 7) is 3.30. The molecule has 1 fully saturated rings. The van der Waals surface area contributed by atoms with Gasteiger partial charge in [-0.3, -0.25) is 9.69 Å². The highest BCUT2D eigenvalue weighted by molar-refractivity contribution is 5.95. The number of urea groups is 1. The van der Waals surface area contributed by atoms with Gasteiger partial charge in [0, 0.05) is 19.5 Å². The molecule has 4 heteroatoms. The van der Waals surface area contributed by atoms with Crippen LogP contribution in [0, 0.1) is 0 Å². The minimum atomic E-state index is -0.228. The first-order valence-corrected chi connectivity index (χ1v) is 5.84. The lowest BCUT2D eigenvalue weighted by molar-refractivity contribution is -0.127. The SMILES string of the molecule is CCCCCCCC(=O)N1CCNC1=O. The molecule has 0 unspecified atom stereocenters. The summed E-state index contributed by atoms with van der Waals surface area (Å²) in [5, 5.41) is 2.63. The van der Waals surface area contributed by atoms with E-state index in [1.165, 1.54) is 24.2 Å². The highest BCUT2D eigenvalue weighted by Crippen LogP contribution is 2.08. The molecule has 1 N–H and O–H groups in total. The standard InChI is InChI=1S/C11H20N2O2/c1-2-3-4-5-6-7-10(14)13-9-8-12-11(13)15/h2-9H2,1H3,(H,12,15). The Bertz CT molecular complexity index is 229. The maximum Gasteiger partial charge on any atom is 0.324 e. The van der Waals surface area contributed by atoms with E-state index in [4.69, 9.17) is 0 Å². The normalized spacial score (nSPS) is 15.5. The Morgan fingerprint density at radius 2 is 2.07 bits per heavy atom. The summed E-state index contributed by atoms with van der Waals surface area (Å²) in [5.74, 6) is -0.0264. The van der Waals surface area contributed by atoms with E-state index in [1.54, 1.807) is 0 Å². The zero-order chi connectivity index (χ0) is 11.1. The fourth-order valence-electron chi connectivity index (χ4n) is 1.72. The summed E-state index contributed by atoms with van der Waals surface area (Å²) in [6, 6.07) is -0.228. The van der Waals surface area contributed by atoms with Crippen molar-refractivity contribution in [2.24, 2.45) is 0 Å². The summed E-state index contributed by atoms with van der Waals surface area (Å²) < 4.78 is 0. The lowest BCUT2D eigenvalue weighted by Gasteiger charge is -2.11. The van der Waals surface area contributed by atoms with Crippen LogP contribution in [0.15, 0.2) is 0 Å². The summed E-state index contributed by atoms with van der Waals surface area (Å²) in [5.41, 5.74) is 0. The molecule has 0 aromatic rings. The molecular formula is C11H20N2O2. The first-order chi connectivity index (χ1) is 7.25. The zero-order valence-electron chi connectivity index (χ0n) is 9.42. The number of nitrogens with one attached hydrogen (secondary N) is 1. The predicted octanol–water partition coefficient (Wildman–Crippen LogP) is 1.90. The van der Waals surface area contributed by atoms with Crippen LogP contribution < -0.4 is 5.32 Å². The quantitative estimate of drug-likeness (QED) is 0.684. The molecule has 0 aromatic heterocycles. The Kier molecular flexibility index (Phi) is 5.15. The molecule has 1 rings (SSSR count). The molecule has 15 heavy (non-hydrogen) atoms. The average molecular weight is 212 g/mol. The van der Waals surface area contributed by atoms with Crippen LogP contribution in [0.5, 0.6) is 0 Å². The molecule has 1 heterocycles. The third-order valence-electron chi connectivity index (χ3n) is 2.65. The van der Waals surface area contributed by atoms with Gasteiger partial charge in [-0.1, -0.05) is 32.6 Å². The highest BCUT2D eigenvalue weighted by atomic mass is 16.2. The van der Waals surface area contributed by atoms with Crippen LogP contribution in [-0.4, -0.2) is 29.9 Å².